The van der Waals surface area contributed by atoms with Crippen LogP contribution in [0.15, 0.2) is 28.5 Å². The van der Waals surface area contributed by atoms with E-state index in [-0.39, 0.29) is 36.4 Å². The lowest BCUT2D eigenvalue weighted by atomic mass is 9.96. The number of ketones is 1. The number of halogens is 1. The van der Waals surface area contributed by atoms with E-state index < -0.39 is 4.75 Å². The molecular formula is C18H27FN2O2S. The Hall–Kier alpha value is -1.43. The van der Waals surface area contributed by atoms with Crippen LogP contribution < -0.4 is 5.32 Å². The van der Waals surface area contributed by atoms with Gasteiger partial charge in [-0.15, -0.1) is 0 Å². The average Bonchev–Trinajstić information content (AvgIpc) is 2.82. The maximum Gasteiger partial charge on any atom is 0.242 e. The van der Waals surface area contributed by atoms with Crippen molar-refractivity contribution in [3.8, 4) is 0 Å². The Balaban J connectivity index is 0.00000139. The fraction of sp³-hybridized carbons (Fsp3) is 0.611. The first-order chi connectivity index (χ1) is 11.3. The molecule has 0 aromatic carbocycles. The normalized spacial score (nSPS) is 25.0. The Labute approximate surface area is 148 Å². The number of rotatable bonds is 5. The van der Waals surface area contributed by atoms with Crippen LogP contribution in [0, 0.1) is 5.92 Å². The van der Waals surface area contributed by atoms with Crippen molar-refractivity contribution in [1.82, 2.24) is 5.32 Å². The summed E-state index contributed by atoms with van der Waals surface area (Å²) in [5.74, 6) is -0.491. The summed E-state index contributed by atoms with van der Waals surface area (Å²) in [6.07, 6.45) is 5.10. The van der Waals surface area contributed by atoms with Crippen molar-refractivity contribution in [2.75, 3.05) is 6.54 Å². The highest BCUT2D eigenvalue weighted by Gasteiger charge is 2.44. The fourth-order valence-corrected chi connectivity index (χ4v) is 3.29. The highest BCUT2D eigenvalue weighted by Crippen LogP contribution is 2.36. The summed E-state index contributed by atoms with van der Waals surface area (Å²) in [5.41, 5.74) is 0.556. The summed E-state index contributed by atoms with van der Waals surface area (Å²) in [6, 6.07) is 0. The van der Waals surface area contributed by atoms with Crippen LogP contribution in [-0.2, 0) is 9.59 Å². The van der Waals surface area contributed by atoms with E-state index in [0.29, 0.717) is 17.2 Å². The molecule has 0 aromatic heterocycles. The van der Waals surface area contributed by atoms with Gasteiger partial charge in [0.2, 0.25) is 5.91 Å². The van der Waals surface area contributed by atoms with Crippen LogP contribution in [0.2, 0.25) is 0 Å². The number of amides is 1. The molecule has 0 saturated carbocycles. The van der Waals surface area contributed by atoms with Crippen molar-refractivity contribution in [3.05, 3.63) is 23.6 Å². The number of nitrogens with one attached hydrogen (secondary N) is 1. The first-order valence-corrected chi connectivity index (χ1v) is 9.26. The van der Waals surface area contributed by atoms with E-state index >= 15 is 0 Å². The lowest BCUT2D eigenvalue weighted by molar-refractivity contribution is -0.127. The number of Topliss-reactive ketones (excluding diaryl/α,β-unsaturated/α-hetero) is 1. The van der Waals surface area contributed by atoms with Gasteiger partial charge in [-0.25, -0.2) is 4.39 Å². The Kier molecular flexibility index (Phi) is 7.87. The summed E-state index contributed by atoms with van der Waals surface area (Å²) in [4.78, 5) is 28.3. The highest BCUT2D eigenvalue weighted by molar-refractivity contribution is 8.16. The van der Waals surface area contributed by atoms with Crippen molar-refractivity contribution in [3.63, 3.8) is 0 Å². The highest BCUT2D eigenvalue weighted by atomic mass is 32.2. The Morgan fingerprint density at radius 3 is 2.58 bits per heavy atom. The predicted molar refractivity (Wildman–Crippen MR) is 98.8 cm³/mol. The smallest absolute Gasteiger partial charge is 0.242 e. The minimum absolute atomic E-state index is 0.0513. The van der Waals surface area contributed by atoms with Crippen LogP contribution in [0.25, 0.3) is 0 Å². The van der Waals surface area contributed by atoms with Crippen LogP contribution in [0.3, 0.4) is 0 Å². The monoisotopic (exact) mass is 354 g/mol. The number of aliphatic imine (C=N–C) groups is 1. The second-order valence-electron chi connectivity index (χ2n) is 6.06. The molecule has 1 N–H and O–H groups in total. The fourth-order valence-electron chi connectivity index (χ4n) is 2.23. The minimum atomic E-state index is -0.824. The van der Waals surface area contributed by atoms with Gasteiger partial charge in [0.15, 0.2) is 5.17 Å². The zero-order valence-electron chi connectivity index (χ0n) is 15.1. The van der Waals surface area contributed by atoms with E-state index in [1.54, 1.807) is 13.0 Å². The molecule has 1 amide bonds. The van der Waals surface area contributed by atoms with Gasteiger partial charge in [-0.05, 0) is 25.8 Å². The van der Waals surface area contributed by atoms with Gasteiger partial charge in [0.1, 0.15) is 16.4 Å². The zero-order chi connectivity index (χ0) is 18.3. The summed E-state index contributed by atoms with van der Waals surface area (Å²) in [6.45, 7) is 9.60. The summed E-state index contributed by atoms with van der Waals surface area (Å²) in [7, 11) is 0. The average molecular weight is 354 g/mol. The molecule has 24 heavy (non-hydrogen) atoms. The van der Waals surface area contributed by atoms with E-state index in [4.69, 9.17) is 0 Å². The summed E-state index contributed by atoms with van der Waals surface area (Å²) in [5, 5.41) is 3.16. The third-order valence-electron chi connectivity index (χ3n) is 3.76. The van der Waals surface area contributed by atoms with Gasteiger partial charge >= 0.3 is 0 Å². The maximum atomic E-state index is 13.6. The Morgan fingerprint density at radius 2 is 2.00 bits per heavy atom. The van der Waals surface area contributed by atoms with Crippen molar-refractivity contribution in [1.29, 1.82) is 0 Å². The molecule has 0 bridgehead atoms. The van der Waals surface area contributed by atoms with Gasteiger partial charge in [-0.2, -0.15) is 0 Å². The molecule has 1 atom stereocenters. The summed E-state index contributed by atoms with van der Waals surface area (Å²) < 4.78 is 12.8. The minimum Gasteiger partial charge on any atom is -0.304 e. The topological polar surface area (TPSA) is 58.5 Å². The quantitative estimate of drug-likeness (QED) is 0.806. The van der Waals surface area contributed by atoms with Crippen LogP contribution in [-0.4, -0.2) is 28.1 Å². The van der Waals surface area contributed by atoms with Crippen LogP contribution in [0.1, 0.15) is 53.9 Å². The van der Waals surface area contributed by atoms with Gasteiger partial charge in [0.05, 0.1) is 6.54 Å². The maximum absolute atomic E-state index is 13.6. The molecule has 1 saturated heterocycles. The van der Waals surface area contributed by atoms with Gasteiger partial charge < -0.3 is 5.32 Å². The van der Waals surface area contributed by atoms with Crippen LogP contribution >= 0.6 is 11.8 Å². The number of allylic oxidation sites excluding steroid dienone is 2. The number of carbonyl (C=O) groups is 2. The molecule has 0 spiro atoms. The molecule has 4 nitrogen and oxygen atoms in total. The number of nitrogens with zero attached hydrogens (tertiary/aromatic N) is 1. The van der Waals surface area contributed by atoms with Crippen molar-refractivity contribution >= 4 is 28.6 Å². The van der Waals surface area contributed by atoms with E-state index in [9.17, 15) is 14.0 Å². The number of hydrogen-bond donors (Lipinski definition) is 1. The number of thioether (sulfide) groups is 1. The van der Waals surface area contributed by atoms with E-state index in [2.05, 4.69) is 10.3 Å². The second-order valence-corrected chi connectivity index (χ2v) is 7.56. The van der Waals surface area contributed by atoms with Gasteiger partial charge in [-0.1, -0.05) is 45.5 Å². The number of carbonyl (C=O) groups excluding carboxylic acids is 2. The SMILES string of the molecule is CC.CC(C)C(=O)CC1(C)SC(=NCC2=CCCC=C2F)NC1=O. The molecule has 0 aromatic rings. The first kappa shape index (κ1) is 20.6. The predicted octanol–water partition coefficient (Wildman–Crippen LogP) is 4.18. The molecule has 1 unspecified atom stereocenters. The molecular weight excluding hydrogens is 327 g/mol. The third-order valence-corrected chi connectivity index (χ3v) is 4.96. The molecule has 6 heteroatoms. The first-order valence-electron chi connectivity index (χ1n) is 8.44. The molecule has 2 rings (SSSR count). The molecule has 1 heterocycles. The standard InChI is InChI=1S/C16H21FN2O2S.C2H6/c1-10(2)13(20)8-16(3)14(21)19-15(22-16)18-9-11-6-4-5-7-12(11)17;1-2/h6-7,10H,4-5,8-9H2,1-3H3,(H,18,19,21);1-2H3. The molecule has 0 radical (unpaired) electrons. The van der Waals surface area contributed by atoms with Crippen molar-refractivity contribution < 1.29 is 14.0 Å². The molecule has 1 fully saturated rings. The van der Waals surface area contributed by atoms with Crippen molar-refractivity contribution in [2.24, 2.45) is 10.9 Å². The molecule has 134 valence electrons. The van der Waals surface area contributed by atoms with E-state index in [1.807, 2.05) is 33.8 Å². The van der Waals surface area contributed by atoms with Gasteiger partial charge in [0, 0.05) is 17.9 Å². The van der Waals surface area contributed by atoms with E-state index in [1.165, 1.54) is 11.8 Å². The van der Waals surface area contributed by atoms with E-state index in [0.717, 1.165) is 6.42 Å². The number of amidine groups is 1. The number of hydrogen-bond acceptors (Lipinski definition) is 4. The van der Waals surface area contributed by atoms with Crippen LogP contribution in [0.4, 0.5) is 4.39 Å². The lowest BCUT2D eigenvalue weighted by Crippen LogP contribution is -2.36. The zero-order valence-corrected chi connectivity index (χ0v) is 15.9. The van der Waals surface area contributed by atoms with Gasteiger partial charge in [0.25, 0.3) is 0 Å². The van der Waals surface area contributed by atoms with Gasteiger partial charge in [-0.3, -0.25) is 14.6 Å². The second kappa shape index (κ2) is 9.16. The Morgan fingerprint density at radius 1 is 1.38 bits per heavy atom. The van der Waals surface area contributed by atoms with Crippen LogP contribution in [0.5, 0.6) is 0 Å². The third kappa shape index (κ3) is 5.30. The van der Waals surface area contributed by atoms with Crippen molar-refractivity contribution in [2.45, 2.75) is 58.6 Å². The molecule has 1 aliphatic heterocycles. The lowest BCUT2D eigenvalue weighted by Gasteiger charge is -2.18. The molecule has 2 aliphatic rings. The summed E-state index contributed by atoms with van der Waals surface area (Å²) >= 11 is 1.26. The molecule has 1 aliphatic carbocycles. The Bertz CT molecular complexity index is 582. The largest absolute Gasteiger partial charge is 0.304 e.